The van der Waals surface area contributed by atoms with E-state index in [1.165, 1.54) is 0 Å². The fourth-order valence-corrected chi connectivity index (χ4v) is 4.29. The molecule has 35 heavy (non-hydrogen) atoms. The first kappa shape index (κ1) is 24.2. The molecule has 0 aromatic heterocycles. The zero-order chi connectivity index (χ0) is 24.8. The van der Waals surface area contributed by atoms with E-state index in [-0.39, 0.29) is 36.3 Å². The SMILES string of the molecule is CCOC(=O)C1=C(CC)Nc2ccccc2N=C1NC(=O)[C@@H]1CC(=O)N(CCc2ccccc2)C1. The van der Waals surface area contributed by atoms with E-state index in [4.69, 9.17) is 4.74 Å². The molecule has 2 N–H and O–H groups in total. The fraction of sp³-hybridized carbons (Fsp3) is 0.333. The number of hydrogen-bond acceptors (Lipinski definition) is 6. The lowest BCUT2D eigenvalue weighted by Gasteiger charge is -2.18. The van der Waals surface area contributed by atoms with Crippen molar-refractivity contribution in [3.8, 4) is 0 Å². The highest BCUT2D eigenvalue weighted by Crippen LogP contribution is 2.31. The molecule has 0 radical (unpaired) electrons. The third-order valence-electron chi connectivity index (χ3n) is 6.13. The number of carbonyl (C=O) groups is 3. The normalized spacial score (nSPS) is 17.3. The predicted octanol–water partition coefficient (Wildman–Crippen LogP) is 3.58. The Balaban J connectivity index is 1.53. The van der Waals surface area contributed by atoms with Crippen LogP contribution in [-0.4, -0.2) is 48.2 Å². The molecule has 2 aliphatic heterocycles. The summed E-state index contributed by atoms with van der Waals surface area (Å²) in [6.45, 7) is 4.72. The Bertz CT molecular complexity index is 1170. The van der Waals surface area contributed by atoms with E-state index < -0.39 is 11.9 Å². The first-order valence-electron chi connectivity index (χ1n) is 12.0. The van der Waals surface area contributed by atoms with Crippen molar-refractivity contribution in [1.29, 1.82) is 0 Å². The summed E-state index contributed by atoms with van der Waals surface area (Å²) < 4.78 is 5.28. The highest BCUT2D eigenvalue weighted by molar-refractivity contribution is 6.24. The number of amidine groups is 1. The molecule has 182 valence electrons. The smallest absolute Gasteiger partial charge is 0.343 e. The van der Waals surface area contributed by atoms with Crippen LogP contribution in [0.1, 0.15) is 32.3 Å². The van der Waals surface area contributed by atoms with Gasteiger partial charge in [0.15, 0.2) is 0 Å². The maximum absolute atomic E-state index is 13.3. The van der Waals surface area contributed by atoms with Crippen LogP contribution >= 0.6 is 0 Å². The van der Waals surface area contributed by atoms with Gasteiger partial charge in [0.05, 0.1) is 23.9 Å². The lowest BCUT2D eigenvalue weighted by atomic mass is 10.1. The summed E-state index contributed by atoms with van der Waals surface area (Å²) in [5.41, 5.74) is 3.28. The predicted molar refractivity (Wildman–Crippen MR) is 134 cm³/mol. The van der Waals surface area contributed by atoms with Gasteiger partial charge in [-0.05, 0) is 37.5 Å². The van der Waals surface area contributed by atoms with Gasteiger partial charge in [-0.2, -0.15) is 0 Å². The Labute approximate surface area is 205 Å². The van der Waals surface area contributed by atoms with Crippen LogP contribution in [-0.2, 0) is 25.5 Å². The second-order valence-corrected chi connectivity index (χ2v) is 8.50. The number of fused-ring (bicyclic) bond motifs is 1. The van der Waals surface area contributed by atoms with Gasteiger partial charge in [-0.25, -0.2) is 9.79 Å². The topological polar surface area (TPSA) is 100 Å². The number of aliphatic imine (C=N–C) groups is 1. The van der Waals surface area contributed by atoms with Gasteiger partial charge in [-0.1, -0.05) is 49.4 Å². The van der Waals surface area contributed by atoms with Gasteiger partial charge in [0.1, 0.15) is 11.4 Å². The van der Waals surface area contributed by atoms with E-state index in [1.54, 1.807) is 17.9 Å². The first-order chi connectivity index (χ1) is 17.0. The average molecular weight is 475 g/mol. The monoisotopic (exact) mass is 474 g/mol. The van der Waals surface area contributed by atoms with Gasteiger partial charge in [-0.3, -0.25) is 9.59 Å². The van der Waals surface area contributed by atoms with Crippen LogP contribution in [0.25, 0.3) is 0 Å². The maximum atomic E-state index is 13.3. The average Bonchev–Trinajstić information content (AvgIpc) is 3.16. The van der Waals surface area contributed by atoms with E-state index in [1.807, 2.05) is 55.5 Å². The molecule has 0 unspecified atom stereocenters. The third-order valence-corrected chi connectivity index (χ3v) is 6.13. The number of carbonyl (C=O) groups excluding carboxylic acids is 3. The molecular formula is C27H30N4O4. The highest BCUT2D eigenvalue weighted by atomic mass is 16.5. The summed E-state index contributed by atoms with van der Waals surface area (Å²) in [6, 6.07) is 17.3. The summed E-state index contributed by atoms with van der Waals surface area (Å²) >= 11 is 0. The van der Waals surface area contributed by atoms with Crippen LogP contribution < -0.4 is 10.6 Å². The van der Waals surface area contributed by atoms with Crippen molar-refractivity contribution in [2.24, 2.45) is 10.9 Å². The number of nitrogens with one attached hydrogen (secondary N) is 2. The molecule has 1 atom stereocenters. The van der Waals surface area contributed by atoms with Crippen molar-refractivity contribution in [3.05, 3.63) is 71.4 Å². The largest absolute Gasteiger partial charge is 0.462 e. The summed E-state index contributed by atoms with van der Waals surface area (Å²) in [4.78, 5) is 45.1. The molecule has 0 saturated carbocycles. The molecule has 1 saturated heterocycles. The molecule has 0 aliphatic carbocycles. The van der Waals surface area contributed by atoms with Gasteiger partial charge in [0.25, 0.3) is 0 Å². The minimum Gasteiger partial charge on any atom is -0.462 e. The van der Waals surface area contributed by atoms with Crippen LogP contribution in [0.4, 0.5) is 11.4 Å². The summed E-state index contributed by atoms with van der Waals surface area (Å²) in [5.74, 6) is -1.34. The Hall–Kier alpha value is -3.94. The molecule has 2 heterocycles. The highest BCUT2D eigenvalue weighted by Gasteiger charge is 2.36. The number of ether oxygens (including phenoxy) is 1. The van der Waals surface area contributed by atoms with E-state index in [2.05, 4.69) is 15.6 Å². The molecule has 8 heteroatoms. The van der Waals surface area contributed by atoms with Crippen LogP contribution in [0.15, 0.2) is 70.9 Å². The van der Waals surface area contributed by atoms with Crippen molar-refractivity contribution < 1.29 is 19.1 Å². The molecule has 0 spiro atoms. The minimum absolute atomic E-state index is 0.0497. The molecule has 0 bridgehead atoms. The molecule has 8 nitrogen and oxygen atoms in total. The van der Waals surface area contributed by atoms with Crippen molar-refractivity contribution >= 4 is 35.0 Å². The van der Waals surface area contributed by atoms with Crippen LogP contribution in [0.5, 0.6) is 0 Å². The second kappa shape index (κ2) is 11.0. The molecule has 2 aliphatic rings. The number of rotatable bonds is 7. The maximum Gasteiger partial charge on any atom is 0.343 e. The first-order valence-corrected chi connectivity index (χ1v) is 12.0. The Morgan fingerprint density at radius 2 is 1.86 bits per heavy atom. The Kier molecular flexibility index (Phi) is 7.60. The molecule has 4 rings (SSSR count). The number of hydrogen-bond donors (Lipinski definition) is 2. The summed E-state index contributed by atoms with van der Waals surface area (Å²) in [5, 5.41) is 6.11. The fourth-order valence-electron chi connectivity index (χ4n) is 4.29. The molecule has 2 aromatic carbocycles. The number of anilines is 1. The lowest BCUT2D eigenvalue weighted by Crippen LogP contribution is -2.40. The van der Waals surface area contributed by atoms with E-state index in [0.29, 0.717) is 30.9 Å². The minimum atomic E-state index is -0.560. The van der Waals surface area contributed by atoms with Gasteiger partial charge >= 0.3 is 5.97 Å². The number of likely N-dealkylation sites (tertiary alicyclic amines) is 1. The number of esters is 1. The number of nitrogens with zero attached hydrogens (tertiary/aromatic N) is 2. The van der Waals surface area contributed by atoms with Crippen molar-refractivity contribution in [1.82, 2.24) is 10.2 Å². The summed E-state index contributed by atoms with van der Waals surface area (Å²) in [7, 11) is 0. The van der Waals surface area contributed by atoms with Crippen molar-refractivity contribution in [2.45, 2.75) is 33.1 Å². The van der Waals surface area contributed by atoms with Crippen molar-refractivity contribution in [3.63, 3.8) is 0 Å². The van der Waals surface area contributed by atoms with E-state index >= 15 is 0 Å². The molecular weight excluding hydrogens is 444 g/mol. The Morgan fingerprint density at radius 3 is 2.60 bits per heavy atom. The van der Waals surface area contributed by atoms with Crippen LogP contribution in [0.2, 0.25) is 0 Å². The standard InChI is InChI=1S/C27H30N4O4/c1-3-20-24(27(34)35-4-2)25(29-22-13-9-8-12-21(22)28-20)30-26(33)19-16-23(32)31(17-19)15-14-18-10-6-5-7-11-18/h5-13,19,28H,3-4,14-17H2,1-2H3,(H,29,30,33)/t19-/m1/s1. The lowest BCUT2D eigenvalue weighted by molar-refractivity contribution is -0.138. The van der Waals surface area contributed by atoms with E-state index in [9.17, 15) is 14.4 Å². The molecule has 2 aromatic rings. The summed E-state index contributed by atoms with van der Waals surface area (Å²) in [6.07, 6.45) is 1.36. The van der Waals surface area contributed by atoms with Gasteiger partial charge < -0.3 is 20.3 Å². The number of allylic oxidation sites excluding steroid dienone is 1. The van der Waals surface area contributed by atoms with Gasteiger partial charge in [0.2, 0.25) is 11.8 Å². The van der Waals surface area contributed by atoms with Gasteiger partial charge in [-0.15, -0.1) is 0 Å². The van der Waals surface area contributed by atoms with E-state index in [0.717, 1.165) is 17.7 Å². The van der Waals surface area contributed by atoms with Crippen LogP contribution in [0.3, 0.4) is 0 Å². The number of para-hydroxylation sites is 2. The molecule has 2 amide bonds. The van der Waals surface area contributed by atoms with Gasteiger partial charge in [0, 0.05) is 25.2 Å². The second-order valence-electron chi connectivity index (χ2n) is 8.50. The van der Waals surface area contributed by atoms with Crippen LogP contribution in [0, 0.1) is 5.92 Å². The zero-order valence-corrected chi connectivity index (χ0v) is 20.0. The molecule has 1 fully saturated rings. The number of benzene rings is 2. The quantitative estimate of drug-likeness (QED) is 0.598. The zero-order valence-electron chi connectivity index (χ0n) is 20.0. The Morgan fingerprint density at radius 1 is 1.11 bits per heavy atom. The third kappa shape index (κ3) is 5.59. The number of amides is 2. The van der Waals surface area contributed by atoms with Crippen molar-refractivity contribution in [2.75, 3.05) is 25.0 Å².